The summed E-state index contributed by atoms with van der Waals surface area (Å²) in [4.78, 5) is 30.2. The van der Waals surface area contributed by atoms with Gasteiger partial charge in [-0.3, -0.25) is 14.2 Å². The summed E-state index contributed by atoms with van der Waals surface area (Å²) in [6.07, 6.45) is 5.08. The maximum Gasteiger partial charge on any atom is 0.262 e. The predicted molar refractivity (Wildman–Crippen MR) is 86.9 cm³/mol. The summed E-state index contributed by atoms with van der Waals surface area (Å²) in [5.41, 5.74) is 0.903. The van der Waals surface area contributed by atoms with E-state index < -0.39 is 0 Å². The molecule has 5 nitrogen and oxygen atoms in total. The minimum absolute atomic E-state index is 0.0756. The number of carbonyl (C=O) groups excluding carboxylic acids is 1. The first-order chi connectivity index (χ1) is 9.95. The highest BCUT2D eigenvalue weighted by atomic mass is 32.2. The van der Waals surface area contributed by atoms with Crippen molar-refractivity contribution in [1.82, 2.24) is 14.9 Å². The number of nitrogens with zero attached hydrogens (tertiary/aromatic N) is 2. The number of terminal acetylenes is 1. The predicted octanol–water partition coefficient (Wildman–Crippen LogP) is 1.45. The normalized spacial score (nSPS) is 10.6. The Bertz CT molecular complexity index is 799. The van der Waals surface area contributed by atoms with Crippen LogP contribution in [0.3, 0.4) is 0 Å². The third-order valence-electron chi connectivity index (χ3n) is 3.09. The van der Waals surface area contributed by atoms with Gasteiger partial charge in [-0.05, 0) is 19.4 Å². The molecule has 110 valence electrons. The number of amides is 1. The first-order valence-corrected chi connectivity index (χ1v) is 8.05. The van der Waals surface area contributed by atoms with E-state index in [1.165, 1.54) is 27.7 Å². The van der Waals surface area contributed by atoms with Gasteiger partial charge in [0.1, 0.15) is 4.83 Å². The topological polar surface area (TPSA) is 64.0 Å². The van der Waals surface area contributed by atoms with Crippen molar-refractivity contribution in [1.29, 1.82) is 0 Å². The molecule has 1 amide bonds. The number of nitrogens with one attached hydrogen (secondary N) is 1. The summed E-state index contributed by atoms with van der Waals surface area (Å²) >= 11 is 2.73. The third-order valence-corrected chi connectivity index (χ3v) is 5.22. The van der Waals surface area contributed by atoms with Gasteiger partial charge in [-0.25, -0.2) is 4.98 Å². The molecule has 1 N–H and O–H groups in total. The van der Waals surface area contributed by atoms with Crippen molar-refractivity contribution in [2.75, 3.05) is 12.3 Å². The molecule has 0 unspecified atom stereocenters. The average Bonchev–Trinajstić information content (AvgIpc) is 2.74. The Labute approximate surface area is 130 Å². The first-order valence-electron chi connectivity index (χ1n) is 6.25. The zero-order chi connectivity index (χ0) is 15.6. The fraction of sp³-hybridized carbons (Fsp3) is 0.357. The highest BCUT2D eigenvalue weighted by Gasteiger charge is 2.15. The van der Waals surface area contributed by atoms with Crippen molar-refractivity contribution >= 4 is 39.2 Å². The number of fused-ring (bicyclic) bond motifs is 1. The number of rotatable bonds is 4. The molecule has 2 aromatic rings. The van der Waals surface area contributed by atoms with E-state index in [1.807, 2.05) is 13.8 Å². The summed E-state index contributed by atoms with van der Waals surface area (Å²) in [6, 6.07) is 0. The van der Waals surface area contributed by atoms with Gasteiger partial charge in [-0.1, -0.05) is 17.7 Å². The molecule has 0 saturated carbocycles. The minimum atomic E-state index is -0.175. The Morgan fingerprint density at radius 3 is 2.90 bits per heavy atom. The largest absolute Gasteiger partial charge is 0.344 e. The molecular weight excluding hydrogens is 306 g/mol. The average molecular weight is 321 g/mol. The molecule has 0 spiro atoms. The lowest BCUT2D eigenvalue weighted by Gasteiger charge is -2.07. The van der Waals surface area contributed by atoms with Crippen molar-refractivity contribution in [3.05, 3.63) is 20.8 Å². The monoisotopic (exact) mass is 321 g/mol. The zero-order valence-electron chi connectivity index (χ0n) is 12.0. The maximum atomic E-state index is 12.4. The fourth-order valence-electron chi connectivity index (χ4n) is 1.82. The number of aryl methyl sites for hydroxylation is 2. The van der Waals surface area contributed by atoms with Crippen LogP contribution in [0.2, 0.25) is 0 Å². The molecule has 0 saturated heterocycles. The van der Waals surface area contributed by atoms with Gasteiger partial charge in [-0.2, -0.15) is 0 Å². The van der Waals surface area contributed by atoms with Gasteiger partial charge in [0, 0.05) is 11.9 Å². The smallest absolute Gasteiger partial charge is 0.262 e. The van der Waals surface area contributed by atoms with E-state index in [1.54, 1.807) is 7.05 Å². The SMILES string of the molecule is C#CCNC(=O)CSc1nc2sc(C)c(C)c2c(=O)n1C. The van der Waals surface area contributed by atoms with E-state index in [9.17, 15) is 9.59 Å². The highest BCUT2D eigenvalue weighted by Crippen LogP contribution is 2.27. The van der Waals surface area contributed by atoms with E-state index in [4.69, 9.17) is 6.42 Å². The van der Waals surface area contributed by atoms with Gasteiger partial charge in [0.05, 0.1) is 17.7 Å². The molecule has 0 fully saturated rings. The van der Waals surface area contributed by atoms with E-state index >= 15 is 0 Å². The second kappa shape index (κ2) is 6.33. The van der Waals surface area contributed by atoms with Crippen molar-refractivity contribution in [2.24, 2.45) is 7.05 Å². The molecule has 0 aliphatic heterocycles. The number of thiophene rings is 1. The first kappa shape index (κ1) is 15.6. The number of hydrogen-bond acceptors (Lipinski definition) is 5. The van der Waals surface area contributed by atoms with Crippen LogP contribution in [-0.2, 0) is 11.8 Å². The molecule has 0 aliphatic rings. The van der Waals surface area contributed by atoms with Gasteiger partial charge in [0.15, 0.2) is 5.16 Å². The summed E-state index contributed by atoms with van der Waals surface area (Å²) in [7, 11) is 1.67. The lowest BCUT2D eigenvalue weighted by Crippen LogP contribution is -2.26. The summed E-state index contributed by atoms with van der Waals surface area (Å²) < 4.78 is 1.49. The number of hydrogen-bond donors (Lipinski definition) is 1. The van der Waals surface area contributed by atoms with Crippen LogP contribution >= 0.6 is 23.1 Å². The van der Waals surface area contributed by atoms with Crippen LogP contribution in [0, 0.1) is 26.2 Å². The Balaban J connectivity index is 2.30. The van der Waals surface area contributed by atoms with E-state index in [-0.39, 0.29) is 23.8 Å². The molecule has 2 heterocycles. The van der Waals surface area contributed by atoms with Gasteiger partial charge in [0.2, 0.25) is 5.91 Å². The molecule has 0 radical (unpaired) electrons. The Morgan fingerprint density at radius 1 is 1.52 bits per heavy atom. The Kier molecular flexibility index (Phi) is 4.70. The quantitative estimate of drug-likeness (QED) is 0.526. The second-order valence-corrected chi connectivity index (χ2v) is 6.64. The van der Waals surface area contributed by atoms with E-state index in [2.05, 4.69) is 16.2 Å². The number of aromatic nitrogens is 2. The fourth-order valence-corrected chi connectivity index (χ4v) is 3.69. The standard InChI is InChI=1S/C14H15N3O2S2/c1-5-6-15-10(18)7-20-14-16-12-11(13(19)17(14)4)8(2)9(3)21-12/h1H,6-7H2,2-4H3,(H,15,18). The molecule has 0 bridgehead atoms. The van der Waals surface area contributed by atoms with Crippen LogP contribution in [0.4, 0.5) is 0 Å². The summed E-state index contributed by atoms with van der Waals surface area (Å²) in [5.74, 6) is 2.34. The minimum Gasteiger partial charge on any atom is -0.344 e. The molecule has 0 aliphatic carbocycles. The van der Waals surface area contributed by atoms with Crippen LogP contribution in [-0.4, -0.2) is 27.8 Å². The van der Waals surface area contributed by atoms with Gasteiger partial charge in [-0.15, -0.1) is 17.8 Å². The Morgan fingerprint density at radius 2 is 2.24 bits per heavy atom. The van der Waals surface area contributed by atoms with Crippen molar-refractivity contribution < 1.29 is 4.79 Å². The van der Waals surface area contributed by atoms with Gasteiger partial charge >= 0.3 is 0 Å². The van der Waals surface area contributed by atoms with Crippen LogP contribution in [0.25, 0.3) is 10.2 Å². The third kappa shape index (κ3) is 3.12. The molecule has 0 aromatic carbocycles. The van der Waals surface area contributed by atoms with Crippen LogP contribution in [0.15, 0.2) is 9.95 Å². The zero-order valence-corrected chi connectivity index (χ0v) is 13.7. The molecule has 2 aromatic heterocycles. The van der Waals surface area contributed by atoms with Crippen molar-refractivity contribution in [3.8, 4) is 12.3 Å². The highest BCUT2D eigenvalue weighted by molar-refractivity contribution is 7.99. The molecule has 21 heavy (non-hydrogen) atoms. The van der Waals surface area contributed by atoms with E-state index in [0.29, 0.717) is 10.5 Å². The van der Waals surface area contributed by atoms with Crippen LogP contribution in [0.5, 0.6) is 0 Å². The lowest BCUT2D eigenvalue weighted by atomic mass is 10.2. The van der Waals surface area contributed by atoms with Crippen molar-refractivity contribution in [2.45, 2.75) is 19.0 Å². The van der Waals surface area contributed by atoms with Gasteiger partial charge in [0.25, 0.3) is 5.56 Å². The maximum absolute atomic E-state index is 12.4. The lowest BCUT2D eigenvalue weighted by molar-refractivity contribution is -0.118. The van der Waals surface area contributed by atoms with Crippen LogP contribution < -0.4 is 10.9 Å². The second-order valence-electron chi connectivity index (χ2n) is 4.49. The summed E-state index contributed by atoms with van der Waals surface area (Å²) in [5, 5.41) is 3.78. The molecule has 0 atom stereocenters. The Hall–Kier alpha value is -1.78. The van der Waals surface area contributed by atoms with Gasteiger partial charge < -0.3 is 5.32 Å². The number of carbonyl (C=O) groups is 1. The molecule has 7 heteroatoms. The molecule has 2 rings (SSSR count). The summed E-state index contributed by atoms with van der Waals surface area (Å²) in [6.45, 7) is 4.10. The van der Waals surface area contributed by atoms with Crippen LogP contribution in [0.1, 0.15) is 10.4 Å². The van der Waals surface area contributed by atoms with E-state index in [0.717, 1.165) is 15.3 Å². The molecular formula is C14H15N3O2S2. The number of thioether (sulfide) groups is 1. The van der Waals surface area contributed by atoms with Crippen molar-refractivity contribution in [3.63, 3.8) is 0 Å².